The minimum atomic E-state index is -0.486. The average molecular weight is 432 g/mol. The number of methoxy groups -OCH3 is 1. The van der Waals surface area contributed by atoms with Crippen LogP contribution in [0.3, 0.4) is 0 Å². The second-order valence-corrected chi connectivity index (χ2v) is 9.59. The van der Waals surface area contributed by atoms with Crippen molar-refractivity contribution in [2.24, 2.45) is 0 Å². The Balaban J connectivity index is 1.90. The van der Waals surface area contributed by atoms with Gasteiger partial charge in [-0.1, -0.05) is 12.1 Å². The van der Waals surface area contributed by atoms with Crippen LogP contribution < -0.4 is 10.6 Å². The van der Waals surface area contributed by atoms with Crippen LogP contribution in [0, 0.1) is 10.1 Å². The van der Waals surface area contributed by atoms with E-state index in [1.807, 2.05) is 13.8 Å². The highest BCUT2D eigenvalue weighted by Gasteiger charge is 2.42. The SMILES string of the molecule is COC(=O)c1c(NC(=O)Cc2ccc([N+](=O)[O-])cc2)sc2c1CC(C)(C)NC2(C)C. The van der Waals surface area contributed by atoms with Gasteiger partial charge in [0.15, 0.2) is 0 Å². The zero-order valence-corrected chi connectivity index (χ0v) is 18.4. The molecule has 160 valence electrons. The van der Waals surface area contributed by atoms with Gasteiger partial charge in [0, 0.05) is 28.1 Å². The van der Waals surface area contributed by atoms with E-state index in [2.05, 4.69) is 24.5 Å². The number of rotatable bonds is 5. The summed E-state index contributed by atoms with van der Waals surface area (Å²) in [4.78, 5) is 36.5. The highest BCUT2D eigenvalue weighted by Crippen LogP contribution is 2.45. The summed E-state index contributed by atoms with van der Waals surface area (Å²) in [6.07, 6.45) is 0.666. The molecule has 0 fully saturated rings. The van der Waals surface area contributed by atoms with Gasteiger partial charge in [-0.15, -0.1) is 11.3 Å². The second-order valence-electron chi connectivity index (χ2n) is 8.56. The summed E-state index contributed by atoms with van der Waals surface area (Å²) in [5.41, 5.74) is 1.31. The Bertz CT molecular complexity index is 1010. The van der Waals surface area contributed by atoms with E-state index in [1.165, 1.54) is 30.6 Å². The molecule has 0 saturated carbocycles. The molecule has 1 amide bonds. The zero-order chi connectivity index (χ0) is 22.3. The van der Waals surface area contributed by atoms with Crippen molar-refractivity contribution >= 4 is 33.9 Å². The number of benzene rings is 1. The van der Waals surface area contributed by atoms with Crippen molar-refractivity contribution in [2.45, 2.75) is 51.6 Å². The molecule has 2 heterocycles. The number of nitro benzene ring substituents is 1. The number of amides is 1. The predicted octanol–water partition coefficient (Wildman–Crippen LogP) is 3.78. The molecule has 0 unspecified atom stereocenters. The van der Waals surface area contributed by atoms with Gasteiger partial charge in [0.25, 0.3) is 5.69 Å². The van der Waals surface area contributed by atoms with Crippen molar-refractivity contribution in [1.29, 1.82) is 0 Å². The van der Waals surface area contributed by atoms with E-state index in [-0.39, 0.29) is 29.1 Å². The number of non-ortho nitro benzene ring substituents is 1. The van der Waals surface area contributed by atoms with Gasteiger partial charge in [-0.3, -0.25) is 14.9 Å². The molecule has 0 spiro atoms. The first-order valence-corrected chi connectivity index (χ1v) is 10.3. The largest absolute Gasteiger partial charge is 0.465 e. The normalized spacial score (nSPS) is 16.4. The molecule has 9 heteroatoms. The van der Waals surface area contributed by atoms with Crippen molar-refractivity contribution in [3.8, 4) is 0 Å². The van der Waals surface area contributed by atoms with Gasteiger partial charge in [0.1, 0.15) is 5.00 Å². The van der Waals surface area contributed by atoms with E-state index in [4.69, 9.17) is 4.74 Å². The highest BCUT2D eigenvalue weighted by atomic mass is 32.1. The summed E-state index contributed by atoms with van der Waals surface area (Å²) in [5, 5.41) is 17.7. The molecule has 1 aromatic carbocycles. The smallest absolute Gasteiger partial charge is 0.341 e. The van der Waals surface area contributed by atoms with Crippen molar-refractivity contribution in [1.82, 2.24) is 5.32 Å². The molecule has 3 rings (SSSR count). The number of esters is 1. The lowest BCUT2D eigenvalue weighted by molar-refractivity contribution is -0.384. The lowest BCUT2D eigenvalue weighted by Crippen LogP contribution is -2.55. The van der Waals surface area contributed by atoms with Crippen molar-refractivity contribution in [3.63, 3.8) is 0 Å². The number of ether oxygens (including phenoxy) is 1. The van der Waals surface area contributed by atoms with Crippen molar-refractivity contribution in [3.05, 3.63) is 55.9 Å². The van der Waals surface area contributed by atoms with E-state index in [0.717, 1.165) is 10.4 Å². The monoisotopic (exact) mass is 431 g/mol. The molecule has 2 aromatic rings. The minimum absolute atomic E-state index is 0.0320. The quantitative estimate of drug-likeness (QED) is 0.423. The van der Waals surface area contributed by atoms with Crippen LogP contribution in [-0.4, -0.2) is 29.4 Å². The Morgan fingerprint density at radius 3 is 2.43 bits per heavy atom. The first kappa shape index (κ1) is 21.9. The maximum Gasteiger partial charge on any atom is 0.341 e. The molecule has 1 aromatic heterocycles. The number of thiophene rings is 1. The molecule has 0 atom stereocenters. The molecule has 1 aliphatic heterocycles. The van der Waals surface area contributed by atoms with E-state index >= 15 is 0 Å². The van der Waals surface area contributed by atoms with Gasteiger partial charge in [-0.05, 0) is 45.2 Å². The Kier molecular flexibility index (Phi) is 5.70. The number of anilines is 1. The maximum atomic E-state index is 12.7. The molecule has 0 radical (unpaired) electrons. The highest BCUT2D eigenvalue weighted by molar-refractivity contribution is 7.17. The topological polar surface area (TPSA) is 111 Å². The number of nitrogens with zero attached hydrogens (tertiary/aromatic N) is 1. The number of nitro groups is 1. The first-order valence-electron chi connectivity index (χ1n) is 9.50. The van der Waals surface area contributed by atoms with E-state index in [1.54, 1.807) is 12.1 Å². The second kappa shape index (κ2) is 7.81. The van der Waals surface area contributed by atoms with Crippen LogP contribution in [0.4, 0.5) is 10.7 Å². The Morgan fingerprint density at radius 1 is 1.23 bits per heavy atom. The van der Waals surface area contributed by atoms with Crippen molar-refractivity contribution < 1.29 is 19.2 Å². The molecule has 0 aliphatic carbocycles. The fourth-order valence-electron chi connectivity index (χ4n) is 4.03. The van der Waals surface area contributed by atoms with E-state index < -0.39 is 10.9 Å². The molecular weight excluding hydrogens is 406 g/mol. The summed E-state index contributed by atoms with van der Waals surface area (Å²) in [6, 6.07) is 5.83. The maximum absolute atomic E-state index is 12.7. The standard InChI is InChI=1S/C21H25N3O5S/c1-20(2)11-14-16(19(26)29-5)18(30-17(14)21(3,4)23-20)22-15(25)10-12-6-8-13(9-7-12)24(27)28/h6-9,23H,10-11H2,1-5H3,(H,22,25). The number of hydrogen-bond acceptors (Lipinski definition) is 7. The number of hydrogen-bond donors (Lipinski definition) is 2. The summed E-state index contributed by atoms with van der Waals surface area (Å²) >= 11 is 1.37. The van der Waals surface area contributed by atoms with Gasteiger partial charge in [-0.25, -0.2) is 4.79 Å². The van der Waals surface area contributed by atoms with Gasteiger partial charge < -0.3 is 15.4 Å². The zero-order valence-electron chi connectivity index (χ0n) is 17.6. The van der Waals surface area contributed by atoms with Crippen LogP contribution in [0.2, 0.25) is 0 Å². The molecule has 1 aliphatic rings. The summed E-state index contributed by atoms with van der Waals surface area (Å²) in [5.74, 6) is -0.788. The fourth-order valence-corrected chi connectivity index (χ4v) is 5.31. The summed E-state index contributed by atoms with van der Waals surface area (Å²) in [7, 11) is 1.33. The number of carbonyl (C=O) groups excluding carboxylic acids is 2. The molecule has 0 saturated heterocycles. The Labute approximate surface area is 178 Å². The minimum Gasteiger partial charge on any atom is -0.465 e. The van der Waals surface area contributed by atoms with Gasteiger partial charge in [-0.2, -0.15) is 0 Å². The van der Waals surface area contributed by atoms with Crippen LogP contribution >= 0.6 is 11.3 Å². The summed E-state index contributed by atoms with van der Waals surface area (Å²) in [6.45, 7) is 8.24. The molecule has 0 bridgehead atoms. The fraction of sp³-hybridized carbons (Fsp3) is 0.429. The predicted molar refractivity (Wildman–Crippen MR) is 115 cm³/mol. The third-order valence-corrected chi connectivity index (χ3v) is 6.47. The third kappa shape index (κ3) is 4.36. The molecule has 30 heavy (non-hydrogen) atoms. The van der Waals surface area contributed by atoms with Crippen LogP contribution in [0.1, 0.15) is 54.1 Å². The van der Waals surface area contributed by atoms with Crippen LogP contribution in [0.15, 0.2) is 24.3 Å². The Hall–Kier alpha value is -2.78. The third-order valence-electron chi connectivity index (χ3n) is 5.00. The number of carbonyl (C=O) groups is 2. The van der Waals surface area contributed by atoms with Gasteiger partial charge in [0.05, 0.1) is 24.0 Å². The van der Waals surface area contributed by atoms with Crippen LogP contribution in [0.5, 0.6) is 0 Å². The van der Waals surface area contributed by atoms with Gasteiger partial charge in [0.2, 0.25) is 5.91 Å². The van der Waals surface area contributed by atoms with Gasteiger partial charge >= 0.3 is 5.97 Å². The van der Waals surface area contributed by atoms with E-state index in [9.17, 15) is 19.7 Å². The van der Waals surface area contributed by atoms with Crippen LogP contribution in [-0.2, 0) is 27.9 Å². The number of nitrogens with one attached hydrogen (secondary N) is 2. The van der Waals surface area contributed by atoms with E-state index in [0.29, 0.717) is 22.5 Å². The first-order chi connectivity index (χ1) is 13.9. The number of fused-ring (bicyclic) bond motifs is 1. The van der Waals surface area contributed by atoms with Crippen LogP contribution in [0.25, 0.3) is 0 Å². The molecule has 2 N–H and O–H groups in total. The molecular formula is C21H25N3O5S. The molecule has 8 nitrogen and oxygen atoms in total. The summed E-state index contributed by atoms with van der Waals surface area (Å²) < 4.78 is 5.01. The van der Waals surface area contributed by atoms with Crippen molar-refractivity contribution in [2.75, 3.05) is 12.4 Å². The lowest BCUT2D eigenvalue weighted by Gasteiger charge is -2.42. The lowest BCUT2D eigenvalue weighted by atomic mass is 9.81. The Morgan fingerprint density at radius 2 is 1.87 bits per heavy atom. The average Bonchev–Trinajstić information content (AvgIpc) is 2.98.